The number of aliphatic hydroxyl groups is 1. The monoisotopic (exact) mass is 1400 g/mol. The number of nitrogens with zero attached hydrogens (tertiary/aromatic N) is 10. The fourth-order valence-corrected chi connectivity index (χ4v) is 13.8. The van der Waals surface area contributed by atoms with Crippen molar-refractivity contribution in [2.75, 3.05) is 63.3 Å². The minimum atomic E-state index is -4.48. The lowest BCUT2D eigenvalue weighted by Crippen LogP contribution is -2.45. The molecule has 40 heteroatoms. The average Bonchev–Trinajstić information content (AvgIpc) is 1.62. The van der Waals surface area contributed by atoms with E-state index in [1.807, 2.05) is 0 Å². The average molecular weight is 1410 g/mol. The SMILES string of the molecule is CC1CC(=O)N(CCCCCC(=O)N[C@H](C(=O)C[C@@H](CCCNC(N)=O)C(=O)Nc2ccc(COC(=O)N(C)CCOC(=O)O[C@@H]3[C@@H]4OP(O)(=S)OC[C@H]5O[C@@H](n6cnc7c(N)ncnc76)[C@H](OP(O)(=S)OC[C@H]4O[C@H]3n3cnc4c(N)ncnc43)[C@@H]5O)cc2)C(C)C)C1=O. The maximum absolute atomic E-state index is 13.8. The number of benzene rings is 1. The third-order valence-electron chi connectivity index (χ3n) is 15.9. The molecule has 2 bridgehead atoms. The first kappa shape index (κ1) is 71.7. The van der Waals surface area contributed by atoms with Crippen LogP contribution in [0.3, 0.4) is 0 Å². The van der Waals surface area contributed by atoms with Gasteiger partial charge in [0, 0.05) is 56.9 Å². The number of fused-ring (bicyclic) bond motifs is 5. The molecule has 1 aromatic carbocycles. The molecule has 4 aliphatic rings. The quantitative estimate of drug-likeness (QED) is 0.0175. The number of imidazole rings is 2. The molecule has 4 fully saturated rings. The zero-order chi connectivity index (χ0) is 68.5. The molecule has 36 nitrogen and oxygen atoms in total. The summed E-state index contributed by atoms with van der Waals surface area (Å²) in [5, 5.41) is 19.6. The molecule has 12 N–H and O–H groups in total. The Morgan fingerprint density at radius 3 is 2.06 bits per heavy atom. The van der Waals surface area contributed by atoms with Gasteiger partial charge in [-0.1, -0.05) is 39.3 Å². The minimum Gasteiger partial charge on any atom is -0.445 e. The lowest BCUT2D eigenvalue weighted by molar-refractivity contribution is -0.139. The van der Waals surface area contributed by atoms with Crippen LogP contribution in [0.2, 0.25) is 0 Å². The zero-order valence-corrected chi connectivity index (χ0v) is 55.3. The molecule has 4 aliphatic heterocycles. The Hall–Kier alpha value is -7.58. The third kappa shape index (κ3) is 18.1. The first-order valence-corrected chi connectivity index (χ1v) is 35.3. The van der Waals surface area contributed by atoms with E-state index in [1.165, 1.54) is 40.1 Å². The number of aromatic nitrogens is 8. The molecule has 5 aromatic rings. The van der Waals surface area contributed by atoms with Crippen molar-refractivity contribution in [3.63, 3.8) is 0 Å². The van der Waals surface area contributed by atoms with Crippen molar-refractivity contribution in [2.24, 2.45) is 23.5 Å². The Kier molecular flexibility index (Phi) is 23.8. The lowest BCUT2D eigenvalue weighted by Gasteiger charge is -2.29. The Balaban J connectivity index is 0.781. The van der Waals surface area contributed by atoms with Crippen LogP contribution in [-0.2, 0) is 96.0 Å². The maximum atomic E-state index is 13.8. The Morgan fingerprint density at radius 1 is 0.821 bits per heavy atom. The van der Waals surface area contributed by atoms with Crippen molar-refractivity contribution in [2.45, 2.75) is 134 Å². The highest BCUT2D eigenvalue weighted by Gasteiger charge is 2.55. The van der Waals surface area contributed by atoms with Gasteiger partial charge in [0.25, 0.3) is 0 Å². The molecule has 0 saturated carbocycles. The summed E-state index contributed by atoms with van der Waals surface area (Å²) in [5.74, 6) is -3.14. The number of rotatable bonds is 25. The fraction of sp³-hybridized carbons (Fsp3) is 0.564. The number of primary amides is 1. The van der Waals surface area contributed by atoms with E-state index < -0.39 is 118 Å². The number of Topliss-reactive ketones (excluding diaryl/α,β-unsaturated/α-hetero) is 1. The van der Waals surface area contributed by atoms with Gasteiger partial charge in [0.05, 0.1) is 38.5 Å². The molecule has 0 spiro atoms. The van der Waals surface area contributed by atoms with Crippen LogP contribution >= 0.6 is 13.4 Å². The predicted molar refractivity (Wildman–Crippen MR) is 338 cm³/mol. The maximum Gasteiger partial charge on any atom is 0.508 e. The molecule has 13 atom stereocenters. The number of imide groups is 1. The van der Waals surface area contributed by atoms with Crippen LogP contribution in [0, 0.1) is 17.8 Å². The summed E-state index contributed by atoms with van der Waals surface area (Å²) in [6.45, 7) is -5.48. The Labute approximate surface area is 552 Å². The van der Waals surface area contributed by atoms with Crippen molar-refractivity contribution < 1.29 is 95.0 Å². The van der Waals surface area contributed by atoms with Crippen LogP contribution in [0.15, 0.2) is 49.6 Å². The number of amides is 7. The number of nitrogens with two attached hydrogens (primary N) is 3. The molecule has 7 amide bonds. The van der Waals surface area contributed by atoms with E-state index in [0.717, 1.165) is 11.2 Å². The topological polar surface area (TPSA) is 488 Å². The number of urea groups is 1. The van der Waals surface area contributed by atoms with Crippen LogP contribution in [0.1, 0.15) is 90.2 Å². The molecule has 3 unspecified atom stereocenters. The van der Waals surface area contributed by atoms with Gasteiger partial charge in [-0.25, -0.2) is 44.3 Å². The summed E-state index contributed by atoms with van der Waals surface area (Å²) < 4.78 is 55.5. The van der Waals surface area contributed by atoms with E-state index in [9.17, 15) is 53.2 Å². The van der Waals surface area contributed by atoms with Gasteiger partial charge in [-0.2, -0.15) is 0 Å². The van der Waals surface area contributed by atoms with E-state index in [1.54, 1.807) is 45.0 Å². The highest BCUT2D eigenvalue weighted by atomic mass is 32.5. The van der Waals surface area contributed by atoms with Gasteiger partial charge in [-0.3, -0.25) is 47.1 Å². The molecule has 4 aromatic heterocycles. The van der Waals surface area contributed by atoms with Crippen LogP contribution < -0.4 is 33.2 Å². The Bertz CT molecular complexity index is 3740. The minimum absolute atomic E-state index is 0.0165. The van der Waals surface area contributed by atoms with Crippen molar-refractivity contribution in [3.05, 3.63) is 55.1 Å². The summed E-state index contributed by atoms with van der Waals surface area (Å²) >= 11 is 10.9. The normalized spacial score (nSPS) is 26.0. The number of likely N-dealkylation sites (tertiary alicyclic amines) is 1. The number of ketones is 1. The lowest BCUT2D eigenvalue weighted by atomic mass is 9.89. The largest absolute Gasteiger partial charge is 0.508 e. The van der Waals surface area contributed by atoms with Gasteiger partial charge >= 0.3 is 31.7 Å². The number of hydrogen-bond donors (Lipinski definition) is 9. The van der Waals surface area contributed by atoms with Crippen molar-refractivity contribution >= 4 is 124 Å². The van der Waals surface area contributed by atoms with Gasteiger partial charge < -0.3 is 85.7 Å². The summed E-state index contributed by atoms with van der Waals surface area (Å²) in [6, 6.07) is 4.66. The second-order valence-corrected chi connectivity index (χ2v) is 28.8. The number of ether oxygens (including phenoxy) is 5. The number of nitrogens with one attached hydrogen (secondary N) is 3. The molecule has 0 aliphatic carbocycles. The molecule has 8 heterocycles. The highest BCUT2D eigenvalue weighted by molar-refractivity contribution is 8.07. The first-order valence-electron chi connectivity index (χ1n) is 30.1. The smallest absolute Gasteiger partial charge is 0.445 e. The number of carbonyl (C=O) groups excluding carboxylic acids is 8. The molecule has 0 radical (unpaired) electrons. The van der Waals surface area contributed by atoms with E-state index in [-0.39, 0.29) is 121 Å². The zero-order valence-electron chi connectivity index (χ0n) is 51.9. The number of hydrogen-bond acceptors (Lipinski definition) is 28. The number of nitrogen functional groups attached to an aromatic ring is 2. The first-order chi connectivity index (χ1) is 45.2. The van der Waals surface area contributed by atoms with Gasteiger partial charge in [0.15, 0.2) is 47.3 Å². The summed E-state index contributed by atoms with van der Waals surface area (Å²) in [7, 11) is 1.37. The van der Waals surface area contributed by atoms with E-state index in [0.29, 0.717) is 36.9 Å². The van der Waals surface area contributed by atoms with E-state index >= 15 is 0 Å². The van der Waals surface area contributed by atoms with E-state index in [4.69, 9.17) is 82.6 Å². The predicted octanol–water partition coefficient (Wildman–Crippen LogP) is 2.09. The number of anilines is 3. The van der Waals surface area contributed by atoms with Crippen molar-refractivity contribution in [1.29, 1.82) is 0 Å². The van der Waals surface area contributed by atoms with Crippen LogP contribution in [-0.4, -0.2) is 201 Å². The summed E-state index contributed by atoms with van der Waals surface area (Å²) in [5.41, 5.74) is 18.8. The standard InChI is InChI=1S/C55H74N16O20P2S2/c1-28(2)38(67-36(73)10-6-5-7-16-69-37(74)19-29(3)50(69)77)33(72)20-31(9-8-15-59-53(58)78)49(76)66-32-13-11-30(12-14-32)21-84-54(79)68(4)17-18-83-55(80)89-44-42-35(88-52(44)71-27-65-40-46(57)61-25-63-48(40)71)23-86-93(82,95)91-43-41(75)34(22-85-92(81,94)90-42)87-51(43)70-26-64-39-45(56)60-24-62-47(39)70/h11-14,24-29,31,34-35,38,41-44,51-52,75H,5-10,15-23H2,1-4H3,(H,66,76)(H,67,73)(H,81,94)(H,82,95)(H2,56,60,62)(H2,57,61,63)(H3,58,59,78)/t29?,31-,34-,35-,38+,41-,42-,43-,44-,51-,52-,92?,93?/m1/s1. The van der Waals surface area contributed by atoms with Gasteiger partial charge in [0.1, 0.15) is 67.4 Å². The molecule has 4 saturated heterocycles. The second-order valence-electron chi connectivity index (χ2n) is 23.2. The number of likely N-dealkylation sites (N-methyl/N-ethyl adjacent to an activating group) is 1. The molecule has 516 valence electrons. The van der Waals surface area contributed by atoms with Crippen LogP contribution in [0.5, 0.6) is 0 Å². The van der Waals surface area contributed by atoms with E-state index in [2.05, 4.69) is 45.9 Å². The second kappa shape index (κ2) is 31.5. The highest BCUT2D eigenvalue weighted by Crippen LogP contribution is 2.54. The van der Waals surface area contributed by atoms with Crippen molar-refractivity contribution in [1.82, 2.24) is 59.5 Å². The number of unbranched alkanes of at least 4 members (excludes halogenated alkanes) is 2. The van der Waals surface area contributed by atoms with Crippen molar-refractivity contribution in [3.8, 4) is 0 Å². The summed E-state index contributed by atoms with van der Waals surface area (Å²) in [4.78, 5) is 154. The Morgan fingerprint density at radius 2 is 1.44 bits per heavy atom. The third-order valence-corrected chi connectivity index (χ3v) is 19.1. The van der Waals surface area contributed by atoms with Gasteiger partial charge in [-0.15, -0.1) is 0 Å². The molecule has 95 heavy (non-hydrogen) atoms. The fourth-order valence-electron chi connectivity index (χ4n) is 11.0. The van der Waals surface area contributed by atoms with Crippen LogP contribution in [0.4, 0.5) is 31.7 Å². The molecule has 9 rings (SSSR count). The number of aliphatic hydroxyl groups excluding tert-OH is 1. The van der Waals surface area contributed by atoms with Gasteiger partial charge in [0.2, 0.25) is 23.6 Å². The molecular weight excluding hydrogens is 1330 g/mol. The van der Waals surface area contributed by atoms with Gasteiger partial charge in [-0.05, 0) is 72.9 Å². The molecular formula is C55H74N16O20P2S2. The van der Waals surface area contributed by atoms with Crippen LogP contribution in [0.25, 0.3) is 22.3 Å². The summed E-state index contributed by atoms with van der Waals surface area (Å²) in [6.07, 6.45) is -7.03. The number of carbonyl (C=O) groups is 8.